The molecule has 4 aromatic rings. The molecule has 1 heterocycles. The molecular weight excluding hydrogens is 781 g/mol. The van der Waals surface area contributed by atoms with Gasteiger partial charge in [-0.1, -0.05) is 74.6 Å². The first-order valence-electron chi connectivity index (χ1n) is 11.2. The van der Waals surface area contributed by atoms with Gasteiger partial charge in [0.15, 0.2) is 11.5 Å². The number of hydrogen-bond acceptors (Lipinski definition) is 5. The molecular formula is C27H23Br3IN3O3. The molecule has 0 saturated carbocycles. The molecule has 0 aliphatic carbocycles. The van der Waals surface area contributed by atoms with Crippen molar-refractivity contribution in [2.75, 3.05) is 7.11 Å². The van der Waals surface area contributed by atoms with Crippen LogP contribution in [0.3, 0.4) is 0 Å². The summed E-state index contributed by atoms with van der Waals surface area (Å²) in [5.74, 6) is 1.79. The highest BCUT2D eigenvalue weighted by molar-refractivity contribution is 14.1. The number of ether oxygens (including phenoxy) is 2. The van der Waals surface area contributed by atoms with E-state index in [-0.39, 0.29) is 5.56 Å². The summed E-state index contributed by atoms with van der Waals surface area (Å²) in [6, 6.07) is 15.2. The molecule has 0 fully saturated rings. The molecule has 0 radical (unpaired) electrons. The van der Waals surface area contributed by atoms with Crippen LogP contribution in [0.2, 0.25) is 0 Å². The third-order valence-corrected chi connectivity index (χ3v) is 7.97. The van der Waals surface area contributed by atoms with Gasteiger partial charge in [-0.3, -0.25) is 4.79 Å². The van der Waals surface area contributed by atoms with Gasteiger partial charge in [0.05, 0.1) is 27.8 Å². The van der Waals surface area contributed by atoms with E-state index in [1.807, 2.05) is 63.2 Å². The molecule has 0 aliphatic heterocycles. The number of aromatic nitrogens is 2. The number of nitrogens with zero attached hydrogens (tertiary/aromatic N) is 3. The Morgan fingerprint density at radius 3 is 2.43 bits per heavy atom. The average Bonchev–Trinajstić information content (AvgIpc) is 2.83. The zero-order chi connectivity index (χ0) is 26.9. The Morgan fingerprint density at radius 2 is 1.76 bits per heavy atom. The topological polar surface area (TPSA) is 65.7 Å². The highest BCUT2D eigenvalue weighted by Gasteiger charge is 2.23. The lowest BCUT2D eigenvalue weighted by molar-refractivity contribution is 0.281. The summed E-state index contributed by atoms with van der Waals surface area (Å²) in [4.78, 5) is 18.2. The average molecular weight is 804 g/mol. The van der Waals surface area contributed by atoms with Gasteiger partial charge in [0.2, 0.25) is 0 Å². The van der Waals surface area contributed by atoms with Crippen molar-refractivity contribution in [1.82, 2.24) is 9.66 Å². The molecule has 37 heavy (non-hydrogen) atoms. The van der Waals surface area contributed by atoms with Gasteiger partial charge in [-0.05, 0) is 70.6 Å². The first-order chi connectivity index (χ1) is 17.5. The molecule has 0 N–H and O–H groups in total. The minimum atomic E-state index is -0.400. The van der Waals surface area contributed by atoms with Crippen LogP contribution in [-0.4, -0.2) is 23.0 Å². The van der Waals surface area contributed by atoms with Crippen LogP contribution in [0, 0.1) is 3.57 Å². The normalized spacial score (nSPS) is 11.9. The number of rotatable bonds is 6. The van der Waals surface area contributed by atoms with Crippen LogP contribution in [0.15, 0.2) is 71.8 Å². The first-order valence-corrected chi connectivity index (χ1v) is 14.6. The molecule has 0 unspecified atom stereocenters. The quantitative estimate of drug-likeness (QED) is 0.146. The van der Waals surface area contributed by atoms with E-state index in [1.165, 1.54) is 4.68 Å². The Labute approximate surface area is 254 Å². The van der Waals surface area contributed by atoms with Gasteiger partial charge in [0.1, 0.15) is 12.4 Å². The molecule has 0 saturated heterocycles. The molecule has 192 valence electrons. The molecule has 4 rings (SSSR count). The fourth-order valence-corrected chi connectivity index (χ4v) is 5.91. The predicted molar refractivity (Wildman–Crippen MR) is 167 cm³/mol. The second-order valence-electron chi connectivity index (χ2n) is 9.27. The maximum absolute atomic E-state index is 13.4. The molecule has 0 amide bonds. The van der Waals surface area contributed by atoms with Crippen LogP contribution < -0.4 is 15.0 Å². The van der Waals surface area contributed by atoms with Gasteiger partial charge < -0.3 is 9.47 Å². The Hall–Kier alpha value is -1.76. The summed E-state index contributed by atoms with van der Waals surface area (Å²) in [7, 11) is 1.60. The molecule has 1 aromatic heterocycles. The lowest BCUT2D eigenvalue weighted by Crippen LogP contribution is -2.29. The minimum absolute atomic E-state index is 0.228. The summed E-state index contributed by atoms with van der Waals surface area (Å²) in [5, 5.41) is 5.07. The number of benzene rings is 3. The largest absolute Gasteiger partial charge is 0.493 e. The van der Waals surface area contributed by atoms with Crippen LogP contribution >= 0.6 is 70.4 Å². The predicted octanol–water partition coefficient (Wildman–Crippen LogP) is 8.06. The molecule has 0 aliphatic rings. The van der Waals surface area contributed by atoms with E-state index < -0.39 is 5.41 Å². The van der Waals surface area contributed by atoms with E-state index in [0.717, 1.165) is 28.1 Å². The second-order valence-corrected chi connectivity index (χ2v) is 13.1. The van der Waals surface area contributed by atoms with Gasteiger partial charge >= 0.3 is 0 Å². The van der Waals surface area contributed by atoms with E-state index in [4.69, 9.17) is 14.5 Å². The van der Waals surface area contributed by atoms with E-state index >= 15 is 0 Å². The summed E-state index contributed by atoms with van der Waals surface area (Å²) < 4.78 is 16.8. The fourth-order valence-electron chi connectivity index (χ4n) is 3.61. The smallest absolute Gasteiger partial charge is 0.282 e. The van der Waals surface area contributed by atoms with Crippen LogP contribution in [0.4, 0.5) is 0 Å². The molecule has 10 heteroatoms. The summed E-state index contributed by atoms with van der Waals surface area (Å²) in [6.45, 7) is 6.39. The van der Waals surface area contributed by atoms with Crippen molar-refractivity contribution in [3.63, 3.8) is 0 Å². The zero-order valence-corrected chi connectivity index (χ0v) is 27.4. The number of halogens is 4. The maximum Gasteiger partial charge on any atom is 0.282 e. The highest BCUT2D eigenvalue weighted by atomic mass is 127. The highest BCUT2D eigenvalue weighted by Crippen LogP contribution is 2.35. The lowest BCUT2D eigenvalue weighted by atomic mass is 9.95. The number of methoxy groups -OCH3 is 1. The fraction of sp³-hybridized carbons (Fsp3) is 0.222. The van der Waals surface area contributed by atoms with Crippen LogP contribution in [0.1, 0.15) is 37.7 Å². The van der Waals surface area contributed by atoms with Crippen molar-refractivity contribution >= 4 is 87.5 Å². The molecule has 0 bridgehead atoms. The van der Waals surface area contributed by atoms with Gasteiger partial charge in [0, 0.05) is 24.4 Å². The molecule has 3 aromatic carbocycles. The summed E-state index contributed by atoms with van der Waals surface area (Å²) in [6.07, 6.45) is 1.64. The standard InChI is InChI=1S/C27H23Br3IN3O3/c1-27(2,3)26-33-22-8-7-17(28)11-19(22)25(35)34(26)32-13-15-9-21(31)24(23(10-15)36-4)37-14-16-5-6-18(29)12-20(16)30/h5-13H,14H2,1-4H3. The second kappa shape index (κ2) is 11.5. The van der Waals surface area contributed by atoms with Gasteiger partial charge in [0.25, 0.3) is 5.56 Å². The van der Waals surface area contributed by atoms with Gasteiger partial charge in [-0.15, -0.1) is 0 Å². The molecule has 0 atom stereocenters. The van der Waals surface area contributed by atoms with Gasteiger partial charge in [-0.2, -0.15) is 9.78 Å². The van der Waals surface area contributed by atoms with E-state index in [2.05, 4.69) is 75.5 Å². The Morgan fingerprint density at radius 1 is 1.05 bits per heavy atom. The number of hydrogen-bond donors (Lipinski definition) is 0. The SMILES string of the molecule is COc1cc(C=Nn2c(C(C)(C)C)nc3ccc(Br)cc3c2=O)cc(I)c1OCc1ccc(Br)cc1Br. The van der Waals surface area contributed by atoms with E-state index in [9.17, 15) is 4.79 Å². The van der Waals surface area contributed by atoms with Gasteiger partial charge in [-0.25, -0.2) is 4.98 Å². The van der Waals surface area contributed by atoms with E-state index in [1.54, 1.807) is 19.4 Å². The number of fused-ring (bicyclic) bond motifs is 1. The summed E-state index contributed by atoms with van der Waals surface area (Å²) >= 11 is 12.7. The third kappa shape index (κ3) is 6.46. The molecule has 6 nitrogen and oxygen atoms in total. The van der Waals surface area contributed by atoms with Crippen molar-refractivity contribution in [3.8, 4) is 11.5 Å². The van der Waals surface area contributed by atoms with Crippen LogP contribution in [0.25, 0.3) is 10.9 Å². The van der Waals surface area contributed by atoms with Crippen molar-refractivity contribution < 1.29 is 9.47 Å². The van der Waals surface area contributed by atoms with Crippen molar-refractivity contribution in [2.45, 2.75) is 32.8 Å². The van der Waals surface area contributed by atoms with Crippen LogP contribution in [-0.2, 0) is 12.0 Å². The van der Waals surface area contributed by atoms with Crippen LogP contribution in [0.5, 0.6) is 11.5 Å². The molecule has 0 spiro atoms. The minimum Gasteiger partial charge on any atom is -0.493 e. The van der Waals surface area contributed by atoms with E-state index in [0.29, 0.717) is 34.8 Å². The Kier molecular flexibility index (Phi) is 8.82. The Bertz CT molecular complexity index is 1580. The lowest BCUT2D eigenvalue weighted by Gasteiger charge is -2.21. The maximum atomic E-state index is 13.4. The van der Waals surface area contributed by atoms with Crippen molar-refractivity contribution in [3.05, 3.63) is 92.8 Å². The Balaban J connectivity index is 1.71. The first kappa shape index (κ1) is 28.3. The van der Waals surface area contributed by atoms with Crippen molar-refractivity contribution in [2.24, 2.45) is 5.10 Å². The monoisotopic (exact) mass is 801 g/mol. The summed E-state index contributed by atoms with van der Waals surface area (Å²) in [5.41, 5.74) is 1.78. The third-order valence-electron chi connectivity index (χ3n) is 5.44. The zero-order valence-electron chi connectivity index (χ0n) is 20.5. The van der Waals surface area contributed by atoms with Crippen molar-refractivity contribution in [1.29, 1.82) is 0 Å².